The predicted molar refractivity (Wildman–Crippen MR) is 157 cm³/mol. The van der Waals surface area contributed by atoms with Crippen LogP contribution in [-0.2, 0) is 18.9 Å². The number of carbonyl (C=O) groups is 4. The maximum atomic E-state index is 14.0. The topological polar surface area (TPSA) is 166 Å². The van der Waals surface area contributed by atoms with Gasteiger partial charge < -0.3 is 34.3 Å². The van der Waals surface area contributed by atoms with Crippen LogP contribution in [0.4, 0.5) is 26.3 Å². The van der Waals surface area contributed by atoms with E-state index in [-0.39, 0.29) is 11.8 Å². The third-order valence-electron chi connectivity index (χ3n) is 6.26. The van der Waals surface area contributed by atoms with Crippen LogP contribution in [0.15, 0.2) is 12.1 Å². The van der Waals surface area contributed by atoms with Crippen molar-refractivity contribution < 1.29 is 79.8 Å². The van der Waals surface area contributed by atoms with E-state index in [0.717, 1.165) is 6.92 Å². The summed E-state index contributed by atoms with van der Waals surface area (Å²) in [5.41, 5.74) is -3.15. The lowest BCUT2D eigenvalue weighted by Gasteiger charge is -2.32. The Morgan fingerprint density at radius 2 is 1.12 bits per heavy atom. The monoisotopic (exact) mass is 764 g/mol. The lowest BCUT2D eigenvalue weighted by Crippen LogP contribution is -2.54. The zero-order valence-corrected chi connectivity index (χ0v) is 27.4. The minimum atomic E-state index is -5.63. The average Bonchev–Trinajstić information content (AvgIpc) is 3.04. The average molecular weight is 766 g/mol. The van der Waals surface area contributed by atoms with E-state index >= 15 is 0 Å². The predicted octanol–water partition coefficient (Wildman–Crippen LogP) is 5.16. The van der Waals surface area contributed by atoms with Gasteiger partial charge in [0.25, 0.3) is 0 Å². The lowest BCUT2D eigenvalue weighted by atomic mass is 9.97. The molecule has 48 heavy (non-hydrogen) atoms. The molecule has 1 rings (SSSR count). The van der Waals surface area contributed by atoms with Crippen LogP contribution in [-0.4, -0.2) is 119 Å². The number of esters is 3. The molecule has 3 unspecified atom stereocenters. The zero-order valence-electron chi connectivity index (χ0n) is 25.2. The Balaban J connectivity index is 3.16. The number of carbonyl (C=O) groups excluding carboxylic acids is 3. The normalized spacial score (nSPS) is 14.2. The van der Waals surface area contributed by atoms with Gasteiger partial charge in [0.15, 0.2) is 0 Å². The highest BCUT2D eigenvalue weighted by Crippen LogP contribution is 2.49. The highest BCUT2D eigenvalue weighted by Gasteiger charge is 2.70. The first-order chi connectivity index (χ1) is 22.3. The Kier molecular flexibility index (Phi) is 17.7. The van der Waals surface area contributed by atoms with E-state index < -0.39 is 140 Å². The van der Waals surface area contributed by atoms with Crippen molar-refractivity contribution in [1.82, 2.24) is 0 Å². The first kappa shape index (κ1) is 43.5. The molecule has 0 aliphatic rings. The number of aliphatic hydroxyl groups is 2. The summed E-state index contributed by atoms with van der Waals surface area (Å²) in [6.45, 7) is -1.71. The highest BCUT2D eigenvalue weighted by molar-refractivity contribution is 6.18. The molecular weight excluding hydrogens is 733 g/mol. The van der Waals surface area contributed by atoms with Crippen molar-refractivity contribution in [1.29, 1.82) is 0 Å². The molecule has 0 saturated heterocycles. The Hall–Kier alpha value is -2.57. The molecule has 0 spiro atoms. The highest BCUT2D eigenvalue weighted by atomic mass is 35.5. The SMILES string of the molecule is CCCC(F)(F)C(F)(F)C(F)(F)CCCOC(CCl)COC(=O)c1cc(C(=O)O)c(C(=O)OCC(O)CCl)cc1C(=O)OCC(O)CCl. The third-order valence-corrected chi connectivity index (χ3v) is 7.32. The molecule has 3 N–H and O–H groups in total. The van der Waals surface area contributed by atoms with Crippen molar-refractivity contribution in [3.63, 3.8) is 0 Å². The quantitative estimate of drug-likeness (QED) is 0.0469. The summed E-state index contributed by atoms with van der Waals surface area (Å²) in [4.78, 5) is 50.4. The van der Waals surface area contributed by atoms with Gasteiger partial charge >= 0.3 is 41.6 Å². The first-order valence-corrected chi connectivity index (χ1v) is 15.6. The minimum absolute atomic E-state index is 0.349. The largest absolute Gasteiger partial charge is 0.478 e. The molecule has 0 fully saturated rings. The number of carboxylic acid groups (broad SMARTS) is 1. The standard InChI is InChI=1S/C28H33Cl3F6O11/c1-2-4-26(32,33)28(36,37)27(34,35)5-3-6-45-17(11-31)14-48-25(44)20-7-18(22(40)41)19(23(42)46-12-15(38)9-29)8-21(20)24(43)47-13-16(39)10-30/h7-8,15-17,38-39H,2-6,9-14H2,1H3,(H,40,41). The first-order valence-electron chi connectivity index (χ1n) is 14.0. The van der Waals surface area contributed by atoms with Crippen molar-refractivity contribution in [3.05, 3.63) is 34.4 Å². The van der Waals surface area contributed by atoms with E-state index in [9.17, 15) is 60.8 Å². The van der Waals surface area contributed by atoms with Crippen LogP contribution in [0.5, 0.6) is 0 Å². The van der Waals surface area contributed by atoms with Gasteiger partial charge in [0.05, 0.1) is 39.9 Å². The van der Waals surface area contributed by atoms with E-state index in [1.807, 2.05) is 0 Å². The molecule has 0 amide bonds. The van der Waals surface area contributed by atoms with Crippen LogP contribution in [0.2, 0.25) is 0 Å². The summed E-state index contributed by atoms with van der Waals surface area (Å²) < 4.78 is 103. The fourth-order valence-corrected chi connectivity index (χ4v) is 4.05. The Labute approximate surface area is 285 Å². The summed E-state index contributed by atoms with van der Waals surface area (Å²) in [5, 5.41) is 28.8. The second kappa shape index (κ2) is 19.6. The molecule has 20 heteroatoms. The second-order valence-corrected chi connectivity index (χ2v) is 11.1. The molecule has 0 aliphatic heterocycles. The molecule has 1 aromatic carbocycles. The van der Waals surface area contributed by atoms with Crippen molar-refractivity contribution in [3.8, 4) is 0 Å². The number of hydrogen-bond donors (Lipinski definition) is 3. The van der Waals surface area contributed by atoms with Gasteiger partial charge in [-0.3, -0.25) is 0 Å². The van der Waals surface area contributed by atoms with Gasteiger partial charge in [0, 0.05) is 19.4 Å². The molecule has 0 radical (unpaired) electrons. The lowest BCUT2D eigenvalue weighted by molar-refractivity contribution is -0.312. The fraction of sp³-hybridized carbons (Fsp3) is 0.643. The van der Waals surface area contributed by atoms with Gasteiger partial charge in [-0.15, -0.1) is 34.8 Å². The second-order valence-electron chi connectivity index (χ2n) is 10.1. The number of rotatable bonds is 22. The van der Waals surface area contributed by atoms with Crippen molar-refractivity contribution in [2.24, 2.45) is 0 Å². The maximum absolute atomic E-state index is 14.0. The Morgan fingerprint density at radius 1 is 0.708 bits per heavy atom. The number of aliphatic hydroxyl groups excluding tert-OH is 2. The smallest absolute Gasteiger partial charge is 0.371 e. The van der Waals surface area contributed by atoms with Crippen molar-refractivity contribution >= 4 is 58.7 Å². The van der Waals surface area contributed by atoms with E-state index in [4.69, 9.17) is 53.8 Å². The molecule has 0 aromatic heterocycles. The summed E-state index contributed by atoms with van der Waals surface area (Å²) in [6, 6.07) is 1.20. The maximum Gasteiger partial charge on any atom is 0.371 e. The van der Waals surface area contributed by atoms with Crippen molar-refractivity contribution in [2.75, 3.05) is 44.1 Å². The number of alkyl halides is 9. The van der Waals surface area contributed by atoms with E-state index in [0.29, 0.717) is 12.1 Å². The van der Waals surface area contributed by atoms with Crippen LogP contribution in [0, 0.1) is 0 Å². The van der Waals surface area contributed by atoms with Crippen LogP contribution in [0.1, 0.15) is 74.0 Å². The Morgan fingerprint density at radius 3 is 1.54 bits per heavy atom. The zero-order chi connectivity index (χ0) is 36.9. The number of halogens is 9. The Bertz CT molecular complexity index is 1260. The molecule has 0 bridgehead atoms. The molecule has 0 aliphatic carbocycles. The van der Waals surface area contributed by atoms with Gasteiger partial charge in [-0.1, -0.05) is 13.3 Å². The van der Waals surface area contributed by atoms with E-state index in [1.165, 1.54) is 0 Å². The van der Waals surface area contributed by atoms with E-state index in [2.05, 4.69) is 0 Å². The molecule has 1 aromatic rings. The van der Waals surface area contributed by atoms with Gasteiger partial charge in [-0.2, -0.15) is 26.3 Å². The number of benzene rings is 1. The molecule has 11 nitrogen and oxygen atoms in total. The van der Waals surface area contributed by atoms with Crippen LogP contribution >= 0.6 is 34.8 Å². The molecule has 0 heterocycles. The summed E-state index contributed by atoms with van der Waals surface area (Å²) >= 11 is 16.6. The van der Waals surface area contributed by atoms with Gasteiger partial charge in [0.1, 0.15) is 38.1 Å². The molecule has 274 valence electrons. The molecular formula is C28H33Cl3F6O11. The summed E-state index contributed by atoms with van der Waals surface area (Å²) in [7, 11) is 0. The van der Waals surface area contributed by atoms with E-state index in [1.54, 1.807) is 0 Å². The van der Waals surface area contributed by atoms with Gasteiger partial charge in [-0.05, 0) is 18.6 Å². The molecule has 3 atom stereocenters. The number of ether oxygens (including phenoxy) is 4. The van der Waals surface area contributed by atoms with Crippen LogP contribution < -0.4 is 0 Å². The summed E-state index contributed by atoms with van der Waals surface area (Å²) in [5.74, 6) is -22.8. The van der Waals surface area contributed by atoms with Crippen LogP contribution in [0.3, 0.4) is 0 Å². The molecule has 0 saturated carbocycles. The number of hydrogen-bond acceptors (Lipinski definition) is 10. The van der Waals surface area contributed by atoms with Gasteiger partial charge in [0.2, 0.25) is 0 Å². The summed E-state index contributed by atoms with van der Waals surface area (Å²) in [6.07, 6.45) is -8.42. The fourth-order valence-electron chi connectivity index (χ4n) is 3.69. The third kappa shape index (κ3) is 12.1. The van der Waals surface area contributed by atoms with Crippen molar-refractivity contribution in [2.45, 2.75) is 68.7 Å². The van der Waals surface area contributed by atoms with Crippen LogP contribution in [0.25, 0.3) is 0 Å². The number of carboxylic acids is 1. The van der Waals surface area contributed by atoms with Gasteiger partial charge in [-0.25, -0.2) is 19.2 Å². The minimum Gasteiger partial charge on any atom is -0.478 e. The number of aromatic carboxylic acids is 1.